The van der Waals surface area contributed by atoms with Crippen LogP contribution in [0.3, 0.4) is 0 Å². The van der Waals surface area contributed by atoms with E-state index in [1.807, 2.05) is 36.4 Å². The minimum atomic E-state index is -2.51. The third-order valence-electron chi connectivity index (χ3n) is 7.56. The Hall–Kier alpha value is -2.55. The molecule has 6 rings (SSSR count). The van der Waals surface area contributed by atoms with Crippen LogP contribution in [0.2, 0.25) is 10.0 Å². The van der Waals surface area contributed by atoms with Gasteiger partial charge in [-0.1, -0.05) is 35.3 Å². The summed E-state index contributed by atoms with van der Waals surface area (Å²) >= 11 is 13.2. The summed E-state index contributed by atoms with van der Waals surface area (Å²) in [4.78, 5) is 16.3. The van der Waals surface area contributed by atoms with Gasteiger partial charge < -0.3 is 29.7 Å². The number of fused-ring (bicyclic) bond motifs is 3. The van der Waals surface area contributed by atoms with Gasteiger partial charge in [0.25, 0.3) is 0 Å². The van der Waals surface area contributed by atoms with Crippen LogP contribution in [0.25, 0.3) is 0 Å². The van der Waals surface area contributed by atoms with Crippen molar-refractivity contribution >= 4 is 64.5 Å². The predicted octanol–water partition coefficient (Wildman–Crippen LogP) is 4.72. The van der Waals surface area contributed by atoms with Crippen LogP contribution in [0.4, 0.5) is 28.8 Å². The molecule has 3 aliphatic rings. The molecular weight excluding hydrogens is 556 g/mol. The Morgan fingerprint density at radius 2 is 1.82 bits per heavy atom. The number of hydrogen-bond acceptors (Lipinski definition) is 9. The molecule has 0 spiro atoms. The predicted molar refractivity (Wildman–Crippen MR) is 160 cm³/mol. The Bertz CT molecular complexity index is 1450. The Kier molecular flexibility index (Phi) is 7.14. The summed E-state index contributed by atoms with van der Waals surface area (Å²) in [6.07, 6.45) is 1.53. The maximum Gasteiger partial charge on any atom is 0.229 e. The van der Waals surface area contributed by atoms with Crippen LogP contribution in [0, 0.1) is 0 Å². The number of anilines is 5. The quantitative estimate of drug-likeness (QED) is 0.398. The van der Waals surface area contributed by atoms with Crippen LogP contribution in [-0.4, -0.2) is 91.6 Å². The minimum absolute atomic E-state index is 0.283. The van der Waals surface area contributed by atoms with Crippen molar-refractivity contribution in [1.82, 2.24) is 19.8 Å². The van der Waals surface area contributed by atoms with E-state index in [0.29, 0.717) is 45.8 Å². The molecule has 39 heavy (non-hydrogen) atoms. The topological polar surface area (TPSA) is 85.9 Å². The average Bonchev–Trinajstić information content (AvgIpc) is 2.88. The van der Waals surface area contributed by atoms with Crippen molar-refractivity contribution in [3.05, 3.63) is 52.6 Å². The number of para-hydroxylation sites is 1. The van der Waals surface area contributed by atoms with Gasteiger partial charge in [0, 0.05) is 55.8 Å². The third-order valence-corrected chi connectivity index (χ3v) is 9.67. The highest BCUT2D eigenvalue weighted by Gasteiger charge is 2.39. The van der Waals surface area contributed by atoms with Gasteiger partial charge in [-0.05, 0) is 38.6 Å². The first-order valence-electron chi connectivity index (χ1n) is 13.0. The highest BCUT2D eigenvalue weighted by atomic mass is 35.5. The number of benzene rings is 2. The molecule has 2 N–H and O–H groups in total. The van der Waals surface area contributed by atoms with E-state index in [9.17, 15) is 4.57 Å². The molecule has 0 bridgehead atoms. The lowest BCUT2D eigenvalue weighted by Gasteiger charge is -2.51. The van der Waals surface area contributed by atoms with Crippen molar-refractivity contribution in [2.45, 2.75) is 12.1 Å². The van der Waals surface area contributed by atoms with Gasteiger partial charge in [0.15, 0.2) is 5.82 Å². The van der Waals surface area contributed by atoms with Gasteiger partial charge in [0.05, 0.1) is 28.6 Å². The smallest absolute Gasteiger partial charge is 0.229 e. The third kappa shape index (κ3) is 5.43. The molecule has 3 aliphatic heterocycles. The molecule has 206 valence electrons. The fourth-order valence-corrected chi connectivity index (χ4v) is 7.20. The molecule has 2 aromatic carbocycles. The normalized spacial score (nSPS) is 20.0. The Morgan fingerprint density at radius 1 is 1.03 bits per heavy atom. The second-order valence-corrected chi connectivity index (χ2v) is 14.8. The number of aromatic nitrogens is 2. The number of piperazine rings is 1. The summed E-state index contributed by atoms with van der Waals surface area (Å²) in [6, 6.07) is 12.2. The van der Waals surface area contributed by atoms with Crippen molar-refractivity contribution in [3.63, 3.8) is 0 Å². The molecule has 1 aromatic heterocycles. The summed E-state index contributed by atoms with van der Waals surface area (Å²) in [5.41, 5.74) is 2.36. The van der Waals surface area contributed by atoms with E-state index in [1.54, 1.807) is 13.3 Å². The number of rotatable bonds is 6. The first-order chi connectivity index (χ1) is 18.7. The summed E-state index contributed by atoms with van der Waals surface area (Å²) in [6.45, 7) is 9.29. The van der Waals surface area contributed by atoms with E-state index < -0.39 is 7.14 Å². The van der Waals surface area contributed by atoms with E-state index in [1.165, 1.54) is 6.20 Å². The molecule has 0 radical (unpaired) electrons. The molecule has 0 amide bonds. The van der Waals surface area contributed by atoms with E-state index in [-0.39, 0.29) is 6.04 Å². The van der Waals surface area contributed by atoms with Gasteiger partial charge in [-0.2, -0.15) is 4.98 Å². The van der Waals surface area contributed by atoms with E-state index in [2.05, 4.69) is 42.3 Å². The monoisotopic (exact) mass is 587 g/mol. The number of ether oxygens (including phenoxy) is 1. The molecule has 1 atom stereocenters. The maximum atomic E-state index is 12.8. The van der Waals surface area contributed by atoms with Crippen LogP contribution in [0.1, 0.15) is 0 Å². The van der Waals surface area contributed by atoms with Crippen LogP contribution in [0.15, 0.2) is 42.6 Å². The standard InChI is InChI=1S/C27H32Cl2N7O2P/c1-34-13-18(14-34)35-8-9-36-19(15-35)16-38-23-11-17(10-20(28)25(23)36)31-27-30-12-21(29)26(33-27)32-22-6-4-5-7-24(22)39(2,3)37/h4-7,10-12,18-19H,8-9,13-16H2,1-3H3,(H2,30,31,32,33)/t19-/m1/s1. The zero-order valence-corrected chi connectivity index (χ0v) is 24.6. The largest absolute Gasteiger partial charge is 0.489 e. The molecule has 0 aliphatic carbocycles. The van der Waals surface area contributed by atoms with Crippen molar-refractivity contribution in [1.29, 1.82) is 0 Å². The van der Waals surface area contributed by atoms with Gasteiger partial charge in [-0.3, -0.25) is 4.90 Å². The van der Waals surface area contributed by atoms with Crippen molar-refractivity contribution < 1.29 is 9.30 Å². The summed E-state index contributed by atoms with van der Waals surface area (Å²) in [7, 11) is -0.347. The second-order valence-electron chi connectivity index (χ2n) is 10.8. The van der Waals surface area contributed by atoms with Gasteiger partial charge in [-0.15, -0.1) is 0 Å². The lowest BCUT2D eigenvalue weighted by Crippen LogP contribution is -2.65. The fraction of sp³-hybridized carbons (Fsp3) is 0.407. The van der Waals surface area contributed by atoms with E-state index >= 15 is 0 Å². The van der Waals surface area contributed by atoms with E-state index in [0.717, 1.165) is 49.5 Å². The molecule has 2 fully saturated rings. The number of likely N-dealkylation sites (N-methyl/N-ethyl adjacent to an activating group) is 1. The molecule has 4 heterocycles. The molecule has 2 saturated heterocycles. The number of likely N-dealkylation sites (tertiary alicyclic amines) is 1. The summed E-state index contributed by atoms with van der Waals surface area (Å²) in [5.74, 6) is 1.51. The Morgan fingerprint density at radius 3 is 2.59 bits per heavy atom. The van der Waals surface area contributed by atoms with Crippen LogP contribution in [-0.2, 0) is 4.57 Å². The molecule has 0 saturated carbocycles. The number of nitrogens with zero attached hydrogens (tertiary/aromatic N) is 5. The van der Waals surface area contributed by atoms with Crippen LogP contribution >= 0.6 is 30.3 Å². The van der Waals surface area contributed by atoms with Gasteiger partial charge >= 0.3 is 0 Å². The zero-order chi connectivity index (χ0) is 27.3. The van der Waals surface area contributed by atoms with Crippen molar-refractivity contribution in [2.24, 2.45) is 0 Å². The Labute approximate surface area is 238 Å². The fourth-order valence-electron chi connectivity index (χ4n) is 5.59. The summed E-state index contributed by atoms with van der Waals surface area (Å²) < 4.78 is 19.0. The molecule has 9 nitrogen and oxygen atoms in total. The van der Waals surface area contributed by atoms with Crippen molar-refractivity contribution in [3.8, 4) is 5.75 Å². The average molecular weight is 588 g/mol. The van der Waals surface area contributed by atoms with Gasteiger partial charge in [-0.25, -0.2) is 4.98 Å². The lowest BCUT2D eigenvalue weighted by atomic mass is 10.0. The van der Waals surface area contributed by atoms with Crippen LogP contribution in [0.5, 0.6) is 5.75 Å². The maximum absolute atomic E-state index is 12.8. The van der Waals surface area contributed by atoms with Gasteiger partial charge in [0.2, 0.25) is 5.95 Å². The molecule has 12 heteroatoms. The van der Waals surface area contributed by atoms with E-state index in [4.69, 9.17) is 27.9 Å². The van der Waals surface area contributed by atoms with Gasteiger partial charge in [0.1, 0.15) is 24.5 Å². The zero-order valence-electron chi connectivity index (χ0n) is 22.2. The highest BCUT2D eigenvalue weighted by Crippen LogP contribution is 2.44. The number of halogens is 2. The number of hydrogen-bond donors (Lipinski definition) is 2. The molecular formula is C27H32Cl2N7O2P. The van der Waals surface area contributed by atoms with Crippen LogP contribution < -0.4 is 25.6 Å². The lowest BCUT2D eigenvalue weighted by molar-refractivity contribution is 0.0325. The number of nitrogens with one attached hydrogen (secondary N) is 2. The van der Waals surface area contributed by atoms with Crippen molar-refractivity contribution in [2.75, 3.05) is 75.2 Å². The highest BCUT2D eigenvalue weighted by molar-refractivity contribution is 7.70. The first kappa shape index (κ1) is 26.7. The SMILES string of the molecule is CN1CC(N2CCN3c4c(Cl)cc(Nc5ncc(Cl)c(Nc6ccccc6P(C)(C)=O)n5)cc4OC[C@H]3C2)C1. The Balaban J connectivity index is 1.20. The first-order valence-corrected chi connectivity index (χ1v) is 16.4. The molecule has 0 unspecified atom stereocenters. The second kappa shape index (κ2) is 10.5. The minimum Gasteiger partial charge on any atom is -0.489 e. The summed E-state index contributed by atoms with van der Waals surface area (Å²) in [5, 5.41) is 8.17. The molecule has 3 aromatic rings.